The second-order valence-electron chi connectivity index (χ2n) is 3.74. The monoisotopic (exact) mass is 315 g/mol. The van der Waals surface area contributed by atoms with E-state index in [0.29, 0.717) is 34.4 Å². The molecule has 0 spiro atoms. The number of benzene rings is 1. The third-order valence-corrected chi connectivity index (χ3v) is 3.78. The lowest BCUT2D eigenvalue weighted by Gasteiger charge is -2.05. The van der Waals surface area contributed by atoms with Crippen LogP contribution in [0.1, 0.15) is 15.5 Å². The van der Waals surface area contributed by atoms with Crippen LogP contribution in [0, 0.1) is 0 Å². The van der Waals surface area contributed by atoms with Gasteiger partial charge in [-0.2, -0.15) is 0 Å². The summed E-state index contributed by atoms with van der Waals surface area (Å²) in [5.41, 5.74) is 6.30. The maximum absolute atomic E-state index is 12.0. The van der Waals surface area contributed by atoms with E-state index in [1.165, 1.54) is 11.3 Å². The minimum atomic E-state index is -0.302. The standard InChI is InChI=1S/C12H11Cl2N3OS/c13-7-1-2-9(8(14)5-7)17-12(18)10-6-19-11(16-10)3-4-15/h1-2,5-6H,3-4,15H2,(H,17,18). The van der Waals surface area contributed by atoms with Crippen LogP contribution < -0.4 is 11.1 Å². The van der Waals surface area contributed by atoms with Crippen LogP contribution in [0.4, 0.5) is 5.69 Å². The summed E-state index contributed by atoms with van der Waals surface area (Å²) in [7, 11) is 0. The Bertz CT molecular complexity index is 600. The number of hydrogen-bond donors (Lipinski definition) is 2. The Labute approximate surface area is 124 Å². The van der Waals surface area contributed by atoms with E-state index in [1.807, 2.05) is 0 Å². The van der Waals surface area contributed by atoms with Crippen LogP contribution >= 0.6 is 34.5 Å². The number of anilines is 1. The molecule has 3 N–H and O–H groups in total. The SMILES string of the molecule is NCCc1nc(C(=O)Nc2ccc(Cl)cc2Cl)cs1. The second-order valence-corrected chi connectivity index (χ2v) is 5.53. The van der Waals surface area contributed by atoms with Gasteiger partial charge in [-0.05, 0) is 24.7 Å². The Kier molecular flexibility index (Phi) is 4.76. The molecule has 0 bridgehead atoms. The fraction of sp³-hybridized carbons (Fsp3) is 0.167. The lowest BCUT2D eigenvalue weighted by molar-refractivity contribution is 0.102. The number of amides is 1. The molecule has 19 heavy (non-hydrogen) atoms. The summed E-state index contributed by atoms with van der Waals surface area (Å²) in [5, 5.41) is 6.14. The number of rotatable bonds is 4. The van der Waals surface area contributed by atoms with Crippen LogP contribution in [0.15, 0.2) is 23.6 Å². The van der Waals surface area contributed by atoms with Gasteiger partial charge in [0, 0.05) is 16.8 Å². The van der Waals surface area contributed by atoms with Gasteiger partial charge in [0.2, 0.25) is 0 Å². The minimum Gasteiger partial charge on any atom is -0.330 e. The molecule has 1 heterocycles. The minimum absolute atomic E-state index is 0.302. The van der Waals surface area contributed by atoms with Gasteiger partial charge >= 0.3 is 0 Å². The molecule has 0 saturated carbocycles. The van der Waals surface area contributed by atoms with E-state index in [4.69, 9.17) is 28.9 Å². The molecule has 0 unspecified atom stereocenters. The van der Waals surface area contributed by atoms with Crippen molar-refractivity contribution in [1.82, 2.24) is 4.98 Å². The molecule has 0 radical (unpaired) electrons. The van der Waals surface area contributed by atoms with Crippen molar-refractivity contribution in [3.8, 4) is 0 Å². The highest BCUT2D eigenvalue weighted by molar-refractivity contribution is 7.09. The highest BCUT2D eigenvalue weighted by Gasteiger charge is 2.12. The third kappa shape index (κ3) is 3.67. The summed E-state index contributed by atoms with van der Waals surface area (Å²) in [6, 6.07) is 4.87. The molecule has 100 valence electrons. The van der Waals surface area contributed by atoms with Crippen molar-refractivity contribution in [1.29, 1.82) is 0 Å². The summed E-state index contributed by atoms with van der Waals surface area (Å²) < 4.78 is 0. The zero-order valence-electron chi connectivity index (χ0n) is 9.82. The van der Waals surface area contributed by atoms with Gasteiger partial charge < -0.3 is 11.1 Å². The van der Waals surface area contributed by atoms with E-state index in [2.05, 4.69) is 10.3 Å². The smallest absolute Gasteiger partial charge is 0.275 e. The molecular formula is C12H11Cl2N3OS. The van der Waals surface area contributed by atoms with Crippen molar-refractivity contribution in [2.45, 2.75) is 6.42 Å². The molecule has 1 aromatic heterocycles. The summed E-state index contributed by atoms with van der Waals surface area (Å²) in [6.07, 6.45) is 0.666. The fourth-order valence-electron chi connectivity index (χ4n) is 1.43. The van der Waals surface area contributed by atoms with Crippen molar-refractivity contribution in [2.75, 3.05) is 11.9 Å². The van der Waals surface area contributed by atoms with Crippen molar-refractivity contribution >= 4 is 46.1 Å². The summed E-state index contributed by atoms with van der Waals surface area (Å²) >= 11 is 13.2. The first-order valence-corrected chi connectivity index (χ1v) is 7.14. The molecule has 0 saturated heterocycles. The number of carbonyl (C=O) groups excluding carboxylic acids is 1. The van der Waals surface area contributed by atoms with Gasteiger partial charge in [0.15, 0.2) is 0 Å². The Balaban J connectivity index is 2.11. The molecule has 7 heteroatoms. The normalized spacial score (nSPS) is 10.5. The number of nitrogens with zero attached hydrogens (tertiary/aromatic N) is 1. The van der Waals surface area contributed by atoms with Crippen molar-refractivity contribution in [3.05, 3.63) is 44.3 Å². The molecule has 1 amide bonds. The lowest BCUT2D eigenvalue weighted by Crippen LogP contribution is -2.13. The Morgan fingerprint density at radius 3 is 2.89 bits per heavy atom. The molecular weight excluding hydrogens is 305 g/mol. The van der Waals surface area contributed by atoms with E-state index in [0.717, 1.165) is 5.01 Å². The molecule has 2 aromatic rings. The second kappa shape index (κ2) is 6.34. The van der Waals surface area contributed by atoms with E-state index >= 15 is 0 Å². The van der Waals surface area contributed by atoms with E-state index in [-0.39, 0.29) is 5.91 Å². The van der Waals surface area contributed by atoms with Gasteiger partial charge in [-0.15, -0.1) is 11.3 Å². The molecule has 4 nitrogen and oxygen atoms in total. The number of nitrogens with one attached hydrogen (secondary N) is 1. The topological polar surface area (TPSA) is 68.0 Å². The molecule has 0 aliphatic heterocycles. The Morgan fingerprint density at radius 2 is 2.21 bits per heavy atom. The van der Waals surface area contributed by atoms with E-state index in [1.54, 1.807) is 23.6 Å². The zero-order chi connectivity index (χ0) is 13.8. The molecule has 0 fully saturated rings. The van der Waals surface area contributed by atoms with Gasteiger partial charge in [0.25, 0.3) is 5.91 Å². The summed E-state index contributed by atoms with van der Waals surface area (Å²) in [6.45, 7) is 0.511. The molecule has 2 rings (SSSR count). The largest absolute Gasteiger partial charge is 0.330 e. The fourth-order valence-corrected chi connectivity index (χ4v) is 2.68. The van der Waals surface area contributed by atoms with Crippen LogP contribution in [0.3, 0.4) is 0 Å². The average Bonchev–Trinajstić information content (AvgIpc) is 2.82. The number of halogens is 2. The molecule has 0 aliphatic rings. The van der Waals surface area contributed by atoms with Gasteiger partial charge in [0.1, 0.15) is 5.69 Å². The van der Waals surface area contributed by atoms with Gasteiger partial charge in [0.05, 0.1) is 15.7 Å². The third-order valence-electron chi connectivity index (χ3n) is 2.32. The van der Waals surface area contributed by atoms with Gasteiger partial charge in [-0.1, -0.05) is 23.2 Å². The van der Waals surface area contributed by atoms with Crippen LogP contribution in [0.2, 0.25) is 10.0 Å². The predicted molar refractivity (Wildman–Crippen MR) is 79.3 cm³/mol. The Morgan fingerprint density at radius 1 is 1.42 bits per heavy atom. The van der Waals surface area contributed by atoms with Crippen LogP contribution in [0.25, 0.3) is 0 Å². The lowest BCUT2D eigenvalue weighted by atomic mass is 10.3. The maximum Gasteiger partial charge on any atom is 0.275 e. The van der Waals surface area contributed by atoms with Crippen LogP contribution in [-0.2, 0) is 6.42 Å². The number of aromatic nitrogens is 1. The van der Waals surface area contributed by atoms with Crippen LogP contribution in [-0.4, -0.2) is 17.4 Å². The summed E-state index contributed by atoms with van der Waals surface area (Å²) in [4.78, 5) is 16.2. The number of thiazole rings is 1. The van der Waals surface area contributed by atoms with Gasteiger partial charge in [-0.3, -0.25) is 4.79 Å². The highest BCUT2D eigenvalue weighted by Crippen LogP contribution is 2.25. The quantitative estimate of drug-likeness (QED) is 0.910. The van der Waals surface area contributed by atoms with Crippen LogP contribution in [0.5, 0.6) is 0 Å². The number of hydrogen-bond acceptors (Lipinski definition) is 4. The van der Waals surface area contributed by atoms with E-state index < -0.39 is 0 Å². The maximum atomic E-state index is 12.0. The first kappa shape index (κ1) is 14.3. The highest BCUT2D eigenvalue weighted by atomic mass is 35.5. The average molecular weight is 316 g/mol. The number of carbonyl (C=O) groups is 1. The number of nitrogens with two attached hydrogens (primary N) is 1. The molecule has 1 aromatic carbocycles. The zero-order valence-corrected chi connectivity index (χ0v) is 12.1. The van der Waals surface area contributed by atoms with Crippen molar-refractivity contribution in [3.63, 3.8) is 0 Å². The van der Waals surface area contributed by atoms with E-state index in [9.17, 15) is 4.79 Å². The van der Waals surface area contributed by atoms with Crippen molar-refractivity contribution in [2.24, 2.45) is 5.73 Å². The predicted octanol–water partition coefficient (Wildman–Crippen LogP) is 3.20. The summed E-state index contributed by atoms with van der Waals surface area (Å²) in [5.74, 6) is -0.302. The molecule has 0 atom stereocenters. The molecule has 0 aliphatic carbocycles. The Hall–Kier alpha value is -1.14. The van der Waals surface area contributed by atoms with Gasteiger partial charge in [-0.25, -0.2) is 4.98 Å². The first-order chi connectivity index (χ1) is 9.10. The van der Waals surface area contributed by atoms with Crippen molar-refractivity contribution < 1.29 is 4.79 Å². The first-order valence-electron chi connectivity index (χ1n) is 5.51.